The SMILES string of the molecule is CC(C)(C)C(=O)Cn1cc(-c2cnc3ccc4ccc(NS(C)(=O)=O)cc4c(=O)c3c2)cn1. The fourth-order valence-electron chi connectivity index (χ4n) is 3.42. The quantitative estimate of drug-likeness (QED) is 0.483. The van der Waals surface area contributed by atoms with Gasteiger partial charge in [-0.3, -0.25) is 24.0 Å². The van der Waals surface area contributed by atoms with Gasteiger partial charge in [0.05, 0.1) is 18.0 Å². The number of fused-ring (bicyclic) bond motifs is 2. The Morgan fingerprint density at radius 2 is 1.76 bits per heavy atom. The van der Waals surface area contributed by atoms with Crippen LogP contribution in [0.25, 0.3) is 32.8 Å². The fraction of sp³-hybridized carbons (Fsp3) is 0.250. The van der Waals surface area contributed by atoms with Crippen LogP contribution in [-0.4, -0.2) is 35.2 Å². The van der Waals surface area contributed by atoms with Crippen molar-refractivity contribution in [1.29, 1.82) is 0 Å². The van der Waals surface area contributed by atoms with Crippen LogP contribution in [0.15, 0.2) is 59.8 Å². The van der Waals surface area contributed by atoms with Gasteiger partial charge in [0.25, 0.3) is 0 Å². The summed E-state index contributed by atoms with van der Waals surface area (Å²) in [6.07, 6.45) is 6.11. The van der Waals surface area contributed by atoms with Gasteiger partial charge in [-0.1, -0.05) is 32.9 Å². The molecule has 4 aromatic rings. The number of benzene rings is 1. The summed E-state index contributed by atoms with van der Waals surface area (Å²) in [6, 6.07) is 10.1. The lowest BCUT2D eigenvalue weighted by Crippen LogP contribution is -2.25. The molecule has 0 bridgehead atoms. The maximum atomic E-state index is 13.4. The van der Waals surface area contributed by atoms with Gasteiger partial charge in [0.2, 0.25) is 10.0 Å². The molecule has 4 rings (SSSR count). The van der Waals surface area contributed by atoms with Crippen molar-refractivity contribution in [2.24, 2.45) is 5.41 Å². The van der Waals surface area contributed by atoms with Gasteiger partial charge < -0.3 is 0 Å². The van der Waals surface area contributed by atoms with Gasteiger partial charge in [0.15, 0.2) is 11.2 Å². The molecule has 0 fully saturated rings. The van der Waals surface area contributed by atoms with E-state index in [1.54, 1.807) is 53.6 Å². The van der Waals surface area contributed by atoms with E-state index >= 15 is 0 Å². The lowest BCUT2D eigenvalue weighted by molar-refractivity contribution is -0.127. The Labute approximate surface area is 191 Å². The number of hydrogen-bond donors (Lipinski definition) is 1. The number of rotatable bonds is 5. The number of pyridine rings is 1. The third-order valence-corrected chi connectivity index (χ3v) is 5.90. The lowest BCUT2D eigenvalue weighted by atomic mass is 9.91. The van der Waals surface area contributed by atoms with Crippen molar-refractivity contribution >= 4 is 43.2 Å². The molecular weight excluding hydrogens is 440 g/mol. The average molecular weight is 465 g/mol. The van der Waals surface area contributed by atoms with Gasteiger partial charge in [0, 0.05) is 45.4 Å². The number of hydrogen-bond acceptors (Lipinski definition) is 6. The monoisotopic (exact) mass is 464 g/mol. The van der Waals surface area contributed by atoms with Crippen molar-refractivity contribution in [2.45, 2.75) is 27.3 Å². The van der Waals surface area contributed by atoms with E-state index in [1.807, 2.05) is 20.8 Å². The highest BCUT2D eigenvalue weighted by Gasteiger charge is 2.21. The summed E-state index contributed by atoms with van der Waals surface area (Å²) >= 11 is 0. The number of carbonyl (C=O) groups excluding carboxylic acids is 1. The molecular formula is C24H24N4O4S. The van der Waals surface area contributed by atoms with Crippen molar-refractivity contribution in [2.75, 3.05) is 11.0 Å². The second-order valence-corrected chi connectivity index (χ2v) is 10.8. The normalized spacial score (nSPS) is 12.2. The summed E-state index contributed by atoms with van der Waals surface area (Å²) in [5.74, 6) is 0.0626. The van der Waals surface area contributed by atoms with Gasteiger partial charge in [-0.25, -0.2) is 8.42 Å². The summed E-state index contributed by atoms with van der Waals surface area (Å²) in [6.45, 7) is 5.75. The highest BCUT2D eigenvalue weighted by Crippen LogP contribution is 2.24. The van der Waals surface area contributed by atoms with Crippen LogP contribution < -0.4 is 10.2 Å². The molecule has 9 heteroatoms. The largest absolute Gasteiger partial charge is 0.297 e. The smallest absolute Gasteiger partial charge is 0.229 e. The summed E-state index contributed by atoms with van der Waals surface area (Å²) in [7, 11) is -3.47. The predicted molar refractivity (Wildman–Crippen MR) is 130 cm³/mol. The van der Waals surface area contributed by atoms with Crippen LogP contribution in [0.5, 0.6) is 0 Å². The Morgan fingerprint density at radius 1 is 1.03 bits per heavy atom. The minimum atomic E-state index is -3.47. The molecule has 2 aromatic heterocycles. The van der Waals surface area contributed by atoms with E-state index in [0.717, 1.165) is 11.8 Å². The molecule has 0 saturated heterocycles. The highest BCUT2D eigenvalue weighted by molar-refractivity contribution is 7.92. The number of aromatic nitrogens is 3. The van der Waals surface area contributed by atoms with Gasteiger partial charge in [0.1, 0.15) is 6.54 Å². The second-order valence-electron chi connectivity index (χ2n) is 9.10. The van der Waals surface area contributed by atoms with Crippen molar-refractivity contribution < 1.29 is 13.2 Å². The second kappa shape index (κ2) is 8.08. The molecule has 0 amide bonds. The fourth-order valence-corrected chi connectivity index (χ4v) is 3.98. The van der Waals surface area contributed by atoms with E-state index in [0.29, 0.717) is 32.9 Å². The van der Waals surface area contributed by atoms with Crippen molar-refractivity contribution in [1.82, 2.24) is 14.8 Å². The number of Topliss-reactive ketones (excluding diaryl/α,β-unsaturated/α-hetero) is 1. The van der Waals surface area contributed by atoms with E-state index in [2.05, 4.69) is 14.8 Å². The minimum Gasteiger partial charge on any atom is -0.297 e. The first kappa shape index (κ1) is 22.6. The summed E-state index contributed by atoms with van der Waals surface area (Å²) in [4.78, 5) is 30.1. The van der Waals surface area contributed by atoms with E-state index in [4.69, 9.17) is 0 Å². The van der Waals surface area contributed by atoms with E-state index in [9.17, 15) is 18.0 Å². The standard InChI is InChI=1S/C24H24N4O4S/c1-24(2,3)22(29)14-28-13-17(12-26-28)16-9-20-21(25-11-16)8-6-15-5-7-18(27-33(4,31)32)10-19(15)23(20)30/h5-13,27H,14H2,1-4H3. The van der Waals surface area contributed by atoms with Crippen LogP contribution in [0.4, 0.5) is 5.69 Å². The van der Waals surface area contributed by atoms with Crippen LogP contribution in [0, 0.1) is 5.41 Å². The van der Waals surface area contributed by atoms with Crippen LogP contribution in [0.2, 0.25) is 0 Å². The summed E-state index contributed by atoms with van der Waals surface area (Å²) in [5, 5.41) is 5.73. The van der Waals surface area contributed by atoms with Gasteiger partial charge in [-0.05, 0) is 29.7 Å². The molecule has 2 aromatic carbocycles. The molecule has 2 heterocycles. The average Bonchev–Trinajstić information content (AvgIpc) is 3.13. The molecule has 170 valence electrons. The van der Waals surface area contributed by atoms with E-state index < -0.39 is 15.4 Å². The van der Waals surface area contributed by atoms with Crippen LogP contribution in [0.3, 0.4) is 0 Å². The Balaban J connectivity index is 1.80. The minimum absolute atomic E-state index is 0.0626. The van der Waals surface area contributed by atoms with E-state index in [1.165, 1.54) is 6.07 Å². The summed E-state index contributed by atoms with van der Waals surface area (Å²) in [5.41, 5.74) is 1.55. The lowest BCUT2D eigenvalue weighted by Gasteiger charge is -2.16. The third-order valence-electron chi connectivity index (χ3n) is 5.29. The first-order valence-electron chi connectivity index (χ1n) is 10.3. The zero-order chi connectivity index (χ0) is 24.0. The molecule has 0 aliphatic heterocycles. The zero-order valence-corrected chi connectivity index (χ0v) is 19.6. The first-order valence-corrected chi connectivity index (χ1v) is 12.2. The molecule has 0 unspecified atom stereocenters. The number of sulfonamides is 1. The molecule has 0 saturated carbocycles. The third kappa shape index (κ3) is 4.93. The van der Waals surface area contributed by atoms with Crippen LogP contribution >= 0.6 is 0 Å². The van der Waals surface area contributed by atoms with Crippen LogP contribution in [0.1, 0.15) is 20.8 Å². The van der Waals surface area contributed by atoms with Crippen molar-refractivity contribution in [3.63, 3.8) is 0 Å². The maximum Gasteiger partial charge on any atom is 0.229 e. The number of anilines is 1. The summed E-state index contributed by atoms with van der Waals surface area (Å²) < 4.78 is 27.2. The first-order chi connectivity index (χ1) is 15.4. The Kier molecular flexibility index (Phi) is 5.53. The van der Waals surface area contributed by atoms with Gasteiger partial charge >= 0.3 is 0 Å². The van der Waals surface area contributed by atoms with E-state index in [-0.39, 0.29) is 17.8 Å². The predicted octanol–water partition coefficient (Wildman–Crippen LogP) is 3.60. The zero-order valence-electron chi connectivity index (χ0n) is 18.8. The molecule has 0 atom stereocenters. The van der Waals surface area contributed by atoms with Crippen molar-refractivity contribution in [3.8, 4) is 11.1 Å². The molecule has 0 spiro atoms. The van der Waals surface area contributed by atoms with Crippen LogP contribution in [-0.2, 0) is 21.4 Å². The molecule has 0 radical (unpaired) electrons. The Morgan fingerprint density at radius 3 is 2.45 bits per heavy atom. The van der Waals surface area contributed by atoms with Gasteiger partial charge in [-0.15, -0.1) is 0 Å². The number of carbonyl (C=O) groups is 1. The molecule has 33 heavy (non-hydrogen) atoms. The number of ketones is 1. The van der Waals surface area contributed by atoms with Gasteiger partial charge in [-0.2, -0.15) is 5.10 Å². The highest BCUT2D eigenvalue weighted by atomic mass is 32.2. The molecule has 0 aliphatic carbocycles. The molecule has 1 N–H and O–H groups in total. The Hall–Kier alpha value is -3.59. The van der Waals surface area contributed by atoms with Crippen molar-refractivity contribution in [3.05, 3.63) is 65.2 Å². The number of nitrogens with one attached hydrogen (secondary N) is 1. The molecule has 8 nitrogen and oxygen atoms in total. The maximum absolute atomic E-state index is 13.4. The Bertz CT molecular complexity index is 1570. The topological polar surface area (TPSA) is 111 Å². The number of nitrogens with zero attached hydrogens (tertiary/aromatic N) is 3. The molecule has 0 aliphatic rings.